The molecule has 1 aliphatic rings. The summed E-state index contributed by atoms with van der Waals surface area (Å²) in [6, 6.07) is 4.16. The van der Waals surface area contributed by atoms with Crippen LogP contribution in [0.3, 0.4) is 0 Å². The number of rotatable bonds is 3. The fourth-order valence-corrected chi connectivity index (χ4v) is 2.42. The maximum atomic E-state index is 9.86. The fourth-order valence-electron chi connectivity index (χ4n) is 2.42. The van der Waals surface area contributed by atoms with Crippen LogP contribution in [0, 0.1) is 0 Å². The van der Waals surface area contributed by atoms with Crippen molar-refractivity contribution >= 4 is 5.82 Å². The van der Waals surface area contributed by atoms with Gasteiger partial charge in [0, 0.05) is 18.3 Å². The van der Waals surface area contributed by atoms with Crippen molar-refractivity contribution in [3.05, 3.63) is 23.9 Å². The molecule has 0 amide bonds. The van der Waals surface area contributed by atoms with Crippen molar-refractivity contribution in [2.45, 2.75) is 45.4 Å². The summed E-state index contributed by atoms with van der Waals surface area (Å²) >= 11 is 0. The molecule has 0 aromatic carbocycles. The molecule has 0 aliphatic carbocycles. The number of pyridine rings is 1. The molecule has 1 saturated heterocycles. The van der Waals surface area contributed by atoms with Crippen molar-refractivity contribution in [2.24, 2.45) is 0 Å². The van der Waals surface area contributed by atoms with Crippen LogP contribution in [-0.2, 0) is 4.74 Å². The summed E-state index contributed by atoms with van der Waals surface area (Å²) < 4.78 is 5.70. The molecule has 1 N–H and O–H groups in total. The average Bonchev–Trinajstić information content (AvgIpc) is 2.38. The molecular formula is C14H22N2O2. The number of ether oxygens (including phenoxy) is 1. The van der Waals surface area contributed by atoms with Crippen LogP contribution < -0.4 is 4.90 Å². The van der Waals surface area contributed by atoms with Gasteiger partial charge in [-0.15, -0.1) is 0 Å². The molecule has 1 aromatic heterocycles. The lowest BCUT2D eigenvalue weighted by molar-refractivity contribution is 0.0293. The van der Waals surface area contributed by atoms with Crippen LogP contribution in [0.15, 0.2) is 18.3 Å². The molecule has 0 spiro atoms. The Morgan fingerprint density at radius 2 is 2.39 bits per heavy atom. The maximum Gasteiger partial charge on any atom is 0.134 e. The van der Waals surface area contributed by atoms with Gasteiger partial charge < -0.3 is 14.7 Å². The van der Waals surface area contributed by atoms with Gasteiger partial charge in [-0.1, -0.05) is 13.0 Å². The first-order valence-electron chi connectivity index (χ1n) is 6.64. The van der Waals surface area contributed by atoms with E-state index in [4.69, 9.17) is 4.74 Å². The number of anilines is 1. The summed E-state index contributed by atoms with van der Waals surface area (Å²) in [7, 11) is 0. The lowest BCUT2D eigenvalue weighted by atomic mass is 10.1. The van der Waals surface area contributed by atoms with Gasteiger partial charge in [0.25, 0.3) is 0 Å². The van der Waals surface area contributed by atoms with E-state index >= 15 is 0 Å². The second-order valence-corrected chi connectivity index (χ2v) is 4.95. The van der Waals surface area contributed by atoms with E-state index < -0.39 is 6.10 Å². The Hall–Kier alpha value is -1.13. The third-order valence-corrected chi connectivity index (χ3v) is 3.48. The lowest BCUT2D eigenvalue weighted by Crippen LogP contribution is -2.49. The Labute approximate surface area is 109 Å². The van der Waals surface area contributed by atoms with Crippen LogP contribution >= 0.6 is 0 Å². The number of hydrogen-bond donors (Lipinski definition) is 1. The van der Waals surface area contributed by atoms with Crippen LogP contribution in [0.4, 0.5) is 5.82 Å². The summed E-state index contributed by atoms with van der Waals surface area (Å²) in [5.74, 6) is 0.898. The van der Waals surface area contributed by atoms with Gasteiger partial charge >= 0.3 is 0 Å². The van der Waals surface area contributed by atoms with Gasteiger partial charge in [-0.3, -0.25) is 0 Å². The Balaban J connectivity index is 2.33. The van der Waals surface area contributed by atoms with Crippen LogP contribution in [0.5, 0.6) is 0 Å². The van der Waals surface area contributed by atoms with Gasteiger partial charge in [-0.25, -0.2) is 4.98 Å². The summed E-state index contributed by atoms with van der Waals surface area (Å²) in [6.45, 7) is 7.57. The van der Waals surface area contributed by atoms with Gasteiger partial charge in [-0.2, -0.15) is 0 Å². The Morgan fingerprint density at radius 3 is 3.06 bits per heavy atom. The zero-order chi connectivity index (χ0) is 13.1. The molecule has 0 bridgehead atoms. The van der Waals surface area contributed by atoms with E-state index in [1.165, 1.54) is 0 Å². The smallest absolute Gasteiger partial charge is 0.134 e. The van der Waals surface area contributed by atoms with Crippen molar-refractivity contribution < 1.29 is 9.84 Å². The first-order valence-corrected chi connectivity index (χ1v) is 6.64. The van der Waals surface area contributed by atoms with Gasteiger partial charge in [0.2, 0.25) is 0 Å². The second kappa shape index (κ2) is 5.67. The SMILES string of the molecule is CCC1COC(C)CN1c1ncccc1[C@@H](C)O. The summed E-state index contributed by atoms with van der Waals surface area (Å²) in [5, 5.41) is 9.86. The van der Waals surface area contributed by atoms with Gasteiger partial charge in [0.1, 0.15) is 5.82 Å². The normalized spacial score (nSPS) is 26.1. The van der Waals surface area contributed by atoms with E-state index in [1.54, 1.807) is 13.1 Å². The molecule has 0 radical (unpaired) electrons. The average molecular weight is 250 g/mol. The molecule has 2 unspecified atom stereocenters. The minimum Gasteiger partial charge on any atom is -0.389 e. The summed E-state index contributed by atoms with van der Waals surface area (Å²) in [6.07, 6.45) is 2.51. The highest BCUT2D eigenvalue weighted by molar-refractivity contribution is 5.49. The second-order valence-electron chi connectivity index (χ2n) is 4.95. The molecule has 18 heavy (non-hydrogen) atoms. The number of hydrogen-bond acceptors (Lipinski definition) is 4. The third-order valence-electron chi connectivity index (χ3n) is 3.48. The molecule has 3 atom stereocenters. The zero-order valence-corrected chi connectivity index (χ0v) is 11.3. The van der Waals surface area contributed by atoms with Gasteiger partial charge in [0.15, 0.2) is 0 Å². The van der Waals surface area contributed by atoms with Crippen molar-refractivity contribution in [1.29, 1.82) is 0 Å². The van der Waals surface area contributed by atoms with Crippen molar-refractivity contribution in [3.63, 3.8) is 0 Å². The molecule has 100 valence electrons. The standard InChI is InChI=1S/C14H22N2O2/c1-4-12-9-18-10(2)8-16(12)14-13(11(3)17)6-5-7-15-14/h5-7,10-12,17H,4,8-9H2,1-3H3/t10?,11-,12?/m1/s1. The molecule has 4 heteroatoms. The first kappa shape index (κ1) is 13.3. The van der Waals surface area contributed by atoms with Crippen LogP contribution in [0.1, 0.15) is 38.9 Å². The number of nitrogens with zero attached hydrogens (tertiary/aromatic N) is 2. The van der Waals surface area contributed by atoms with E-state index in [0.717, 1.165) is 31.0 Å². The quantitative estimate of drug-likeness (QED) is 0.892. The molecule has 2 rings (SSSR count). The zero-order valence-electron chi connectivity index (χ0n) is 11.3. The monoisotopic (exact) mass is 250 g/mol. The van der Waals surface area contributed by atoms with Crippen LogP contribution in [0.2, 0.25) is 0 Å². The van der Waals surface area contributed by atoms with Crippen molar-refractivity contribution in [3.8, 4) is 0 Å². The number of aromatic nitrogens is 1. The fraction of sp³-hybridized carbons (Fsp3) is 0.643. The Morgan fingerprint density at radius 1 is 1.61 bits per heavy atom. The highest BCUT2D eigenvalue weighted by atomic mass is 16.5. The molecule has 2 heterocycles. The topological polar surface area (TPSA) is 45.6 Å². The molecule has 1 aliphatic heterocycles. The first-order chi connectivity index (χ1) is 8.63. The maximum absolute atomic E-state index is 9.86. The van der Waals surface area contributed by atoms with Gasteiger partial charge in [0.05, 0.1) is 24.9 Å². The number of morpholine rings is 1. The molecule has 1 fully saturated rings. The van der Waals surface area contributed by atoms with E-state index in [-0.39, 0.29) is 6.10 Å². The predicted octanol–water partition coefficient (Wildman–Crippen LogP) is 2.14. The largest absolute Gasteiger partial charge is 0.389 e. The van der Waals surface area contributed by atoms with Gasteiger partial charge in [-0.05, 0) is 26.3 Å². The summed E-state index contributed by atoms with van der Waals surface area (Å²) in [4.78, 5) is 6.74. The minimum atomic E-state index is -0.496. The molecule has 1 aromatic rings. The number of aliphatic hydroxyl groups excluding tert-OH is 1. The third kappa shape index (κ3) is 2.65. The highest BCUT2D eigenvalue weighted by Gasteiger charge is 2.28. The van der Waals surface area contributed by atoms with Crippen LogP contribution in [0.25, 0.3) is 0 Å². The lowest BCUT2D eigenvalue weighted by Gasteiger charge is -2.40. The minimum absolute atomic E-state index is 0.205. The summed E-state index contributed by atoms with van der Waals surface area (Å²) in [5.41, 5.74) is 0.894. The number of aliphatic hydroxyl groups is 1. The van der Waals surface area contributed by atoms with E-state index in [9.17, 15) is 5.11 Å². The molecular weight excluding hydrogens is 228 g/mol. The van der Waals surface area contributed by atoms with Crippen molar-refractivity contribution in [1.82, 2.24) is 4.98 Å². The molecule has 4 nitrogen and oxygen atoms in total. The molecule has 0 saturated carbocycles. The Kier molecular flexibility index (Phi) is 4.19. The van der Waals surface area contributed by atoms with E-state index in [0.29, 0.717) is 6.04 Å². The predicted molar refractivity (Wildman–Crippen MR) is 71.7 cm³/mol. The van der Waals surface area contributed by atoms with Crippen molar-refractivity contribution in [2.75, 3.05) is 18.1 Å². The van der Waals surface area contributed by atoms with E-state index in [2.05, 4.69) is 23.7 Å². The Bertz CT molecular complexity index is 395. The van der Waals surface area contributed by atoms with Crippen LogP contribution in [-0.4, -0.2) is 35.4 Å². The highest BCUT2D eigenvalue weighted by Crippen LogP contribution is 2.28. The van der Waals surface area contributed by atoms with E-state index in [1.807, 2.05) is 12.1 Å².